The van der Waals surface area contributed by atoms with E-state index < -0.39 is 17.7 Å². The number of nitrogens with two attached hydrogens (primary N) is 2. The van der Waals surface area contributed by atoms with Crippen molar-refractivity contribution < 1.29 is 14.4 Å². The summed E-state index contributed by atoms with van der Waals surface area (Å²) in [6.07, 6.45) is 4.75. The summed E-state index contributed by atoms with van der Waals surface area (Å²) in [4.78, 5) is 31.7. The van der Waals surface area contributed by atoms with E-state index in [1.165, 1.54) is 19.1 Å². The van der Waals surface area contributed by atoms with Gasteiger partial charge < -0.3 is 11.5 Å². The van der Waals surface area contributed by atoms with Crippen molar-refractivity contribution in [1.29, 1.82) is 0 Å². The van der Waals surface area contributed by atoms with E-state index in [2.05, 4.69) is 0 Å². The standard InChI is InChI=1S/C9H12N2O3/c1-6(12)7(2-4-8(10)13)3-5-9(11)14/h2-5,7H,1H3,(H2,10,13)(H2,11,14). The van der Waals surface area contributed by atoms with E-state index in [0.29, 0.717) is 0 Å². The van der Waals surface area contributed by atoms with Gasteiger partial charge in [0.15, 0.2) is 0 Å². The fourth-order valence-corrected chi connectivity index (χ4v) is 0.732. The van der Waals surface area contributed by atoms with Gasteiger partial charge >= 0.3 is 0 Å². The molecule has 0 unspecified atom stereocenters. The largest absolute Gasteiger partial charge is 0.366 e. The molecule has 0 aromatic rings. The predicted octanol–water partition coefficient (Wildman–Crippen LogP) is -0.725. The molecular formula is C9H12N2O3. The first kappa shape index (κ1) is 12.1. The van der Waals surface area contributed by atoms with E-state index in [0.717, 1.165) is 12.2 Å². The Morgan fingerprint density at radius 2 is 1.36 bits per heavy atom. The number of hydrogen-bond acceptors (Lipinski definition) is 3. The second-order valence-electron chi connectivity index (χ2n) is 2.66. The van der Waals surface area contributed by atoms with Crippen molar-refractivity contribution in [2.45, 2.75) is 6.92 Å². The Morgan fingerprint density at radius 3 is 1.57 bits per heavy atom. The molecule has 0 saturated carbocycles. The van der Waals surface area contributed by atoms with Crippen LogP contribution in [0.4, 0.5) is 0 Å². The fourth-order valence-electron chi connectivity index (χ4n) is 0.732. The molecule has 0 heterocycles. The third kappa shape index (κ3) is 5.70. The van der Waals surface area contributed by atoms with Crippen LogP contribution in [0.1, 0.15) is 6.92 Å². The molecule has 0 aromatic heterocycles. The zero-order valence-electron chi connectivity index (χ0n) is 7.77. The highest BCUT2D eigenvalue weighted by Crippen LogP contribution is 2.02. The van der Waals surface area contributed by atoms with Gasteiger partial charge in [-0.2, -0.15) is 0 Å². The molecule has 4 N–H and O–H groups in total. The smallest absolute Gasteiger partial charge is 0.241 e. The van der Waals surface area contributed by atoms with Gasteiger partial charge in [-0.3, -0.25) is 14.4 Å². The maximum atomic E-state index is 11.0. The number of amides is 2. The molecule has 5 nitrogen and oxygen atoms in total. The molecule has 0 aromatic carbocycles. The monoisotopic (exact) mass is 196 g/mol. The molecule has 0 aliphatic carbocycles. The highest BCUT2D eigenvalue weighted by molar-refractivity contribution is 5.90. The van der Waals surface area contributed by atoms with Gasteiger partial charge in [0.1, 0.15) is 5.78 Å². The lowest BCUT2D eigenvalue weighted by Gasteiger charge is -2.00. The number of ketones is 1. The molecule has 14 heavy (non-hydrogen) atoms. The van der Waals surface area contributed by atoms with Crippen molar-refractivity contribution in [3.63, 3.8) is 0 Å². The lowest BCUT2D eigenvalue weighted by molar-refractivity contribution is -0.118. The van der Waals surface area contributed by atoms with Gasteiger partial charge in [0.2, 0.25) is 11.8 Å². The summed E-state index contributed by atoms with van der Waals surface area (Å²) in [6.45, 7) is 1.33. The average Bonchev–Trinajstić information content (AvgIpc) is 2.02. The molecule has 0 saturated heterocycles. The highest BCUT2D eigenvalue weighted by Gasteiger charge is 2.06. The maximum Gasteiger partial charge on any atom is 0.241 e. The van der Waals surface area contributed by atoms with Crippen LogP contribution in [-0.2, 0) is 14.4 Å². The quantitative estimate of drug-likeness (QED) is 0.566. The van der Waals surface area contributed by atoms with Crippen LogP contribution < -0.4 is 11.5 Å². The van der Waals surface area contributed by atoms with Gasteiger partial charge in [-0.15, -0.1) is 0 Å². The molecule has 5 heteroatoms. The minimum atomic E-state index is -0.649. The van der Waals surface area contributed by atoms with Crippen molar-refractivity contribution in [1.82, 2.24) is 0 Å². The van der Waals surface area contributed by atoms with Crippen molar-refractivity contribution >= 4 is 17.6 Å². The first-order chi connectivity index (χ1) is 6.43. The van der Waals surface area contributed by atoms with Gasteiger partial charge in [0.05, 0.1) is 5.92 Å². The number of rotatable bonds is 5. The zero-order valence-corrected chi connectivity index (χ0v) is 7.77. The number of allylic oxidation sites excluding steroid dienone is 2. The van der Waals surface area contributed by atoms with Crippen LogP contribution in [0.2, 0.25) is 0 Å². The highest BCUT2D eigenvalue weighted by atomic mass is 16.1. The van der Waals surface area contributed by atoms with E-state index in [4.69, 9.17) is 11.5 Å². The zero-order chi connectivity index (χ0) is 11.1. The molecule has 0 rings (SSSR count). The van der Waals surface area contributed by atoms with Gasteiger partial charge in [0, 0.05) is 0 Å². The van der Waals surface area contributed by atoms with E-state index >= 15 is 0 Å². The fraction of sp³-hybridized carbons (Fsp3) is 0.222. The number of primary amides is 2. The van der Waals surface area contributed by atoms with Crippen LogP contribution in [-0.4, -0.2) is 17.6 Å². The van der Waals surface area contributed by atoms with Crippen LogP contribution in [0.25, 0.3) is 0 Å². The summed E-state index contributed by atoms with van der Waals surface area (Å²) >= 11 is 0. The van der Waals surface area contributed by atoms with E-state index in [1.807, 2.05) is 0 Å². The molecule has 0 bridgehead atoms. The Hall–Kier alpha value is -1.91. The van der Waals surface area contributed by atoms with Crippen molar-refractivity contribution in [3.8, 4) is 0 Å². The molecule has 0 fully saturated rings. The average molecular weight is 196 g/mol. The van der Waals surface area contributed by atoms with Crippen molar-refractivity contribution in [2.24, 2.45) is 17.4 Å². The Bertz CT molecular complexity index is 281. The van der Waals surface area contributed by atoms with Crippen LogP contribution in [0.3, 0.4) is 0 Å². The number of Topliss-reactive ketones (excluding diaryl/α,β-unsaturated/α-hetero) is 1. The van der Waals surface area contributed by atoms with Crippen molar-refractivity contribution in [3.05, 3.63) is 24.3 Å². The SMILES string of the molecule is CC(=O)C(C=CC(N)=O)C=CC(N)=O. The minimum Gasteiger partial charge on any atom is -0.366 e. The Kier molecular flexibility index (Phi) is 4.91. The summed E-state index contributed by atoms with van der Waals surface area (Å²) in [5.41, 5.74) is 9.69. The van der Waals surface area contributed by atoms with Gasteiger partial charge in [-0.25, -0.2) is 0 Å². The summed E-state index contributed by atoms with van der Waals surface area (Å²) in [5.74, 6) is -2.15. The summed E-state index contributed by atoms with van der Waals surface area (Å²) in [6, 6.07) is 0. The lowest BCUT2D eigenvalue weighted by Crippen LogP contribution is -2.11. The molecule has 76 valence electrons. The van der Waals surface area contributed by atoms with Crippen molar-refractivity contribution in [2.75, 3.05) is 0 Å². The van der Waals surface area contributed by atoms with Crippen LogP contribution in [0.5, 0.6) is 0 Å². The van der Waals surface area contributed by atoms with Crippen LogP contribution >= 0.6 is 0 Å². The van der Waals surface area contributed by atoms with Gasteiger partial charge in [-0.05, 0) is 19.1 Å². The topological polar surface area (TPSA) is 103 Å². The summed E-state index contributed by atoms with van der Waals surface area (Å²) in [5, 5.41) is 0. The number of carbonyl (C=O) groups excluding carboxylic acids is 3. The molecule has 0 aliphatic heterocycles. The molecule has 0 atom stereocenters. The van der Waals surface area contributed by atoms with Gasteiger partial charge in [-0.1, -0.05) is 12.2 Å². The number of hydrogen-bond donors (Lipinski definition) is 2. The first-order valence-corrected chi connectivity index (χ1v) is 3.89. The second kappa shape index (κ2) is 5.69. The molecule has 0 radical (unpaired) electrons. The third-order valence-corrected chi connectivity index (χ3v) is 1.41. The Balaban J connectivity index is 4.54. The molecule has 0 aliphatic rings. The minimum absolute atomic E-state index is 0.208. The van der Waals surface area contributed by atoms with Gasteiger partial charge in [0.25, 0.3) is 0 Å². The summed E-state index contributed by atoms with van der Waals surface area (Å²) < 4.78 is 0. The number of carbonyl (C=O) groups is 3. The van der Waals surface area contributed by atoms with Crippen LogP contribution in [0, 0.1) is 5.92 Å². The molecule has 0 spiro atoms. The normalized spacial score (nSPS) is 13.2. The summed E-state index contributed by atoms with van der Waals surface area (Å²) in [7, 11) is 0. The molecule has 2 amide bonds. The van der Waals surface area contributed by atoms with E-state index in [-0.39, 0.29) is 5.78 Å². The van der Waals surface area contributed by atoms with E-state index in [1.54, 1.807) is 0 Å². The predicted molar refractivity (Wildman–Crippen MR) is 50.8 cm³/mol. The Morgan fingerprint density at radius 1 is 1.00 bits per heavy atom. The van der Waals surface area contributed by atoms with Crippen LogP contribution in [0.15, 0.2) is 24.3 Å². The first-order valence-electron chi connectivity index (χ1n) is 3.89. The second-order valence-corrected chi connectivity index (χ2v) is 2.66. The maximum absolute atomic E-state index is 11.0. The lowest BCUT2D eigenvalue weighted by atomic mass is 10.0. The third-order valence-electron chi connectivity index (χ3n) is 1.41. The Labute approximate surface area is 81.4 Å². The van der Waals surface area contributed by atoms with E-state index in [9.17, 15) is 14.4 Å². The molecular weight excluding hydrogens is 184 g/mol.